The number of nitrogens with one attached hydrogen (secondary N) is 2. The minimum atomic E-state index is -0.804. The SMILES string of the molecule is CCOc1ccc(NC(=O)NCC(O)c2ccc(-c3ccco3)cc2)cc1. The number of carbonyl (C=O) groups is 1. The van der Waals surface area contributed by atoms with Crippen LogP contribution in [0.4, 0.5) is 10.5 Å². The molecule has 0 aliphatic heterocycles. The predicted molar refractivity (Wildman–Crippen MR) is 104 cm³/mol. The highest BCUT2D eigenvalue weighted by Crippen LogP contribution is 2.22. The van der Waals surface area contributed by atoms with Crippen molar-refractivity contribution in [2.75, 3.05) is 18.5 Å². The van der Waals surface area contributed by atoms with Crippen molar-refractivity contribution >= 4 is 11.7 Å². The molecule has 3 aromatic rings. The van der Waals surface area contributed by atoms with Crippen molar-refractivity contribution in [3.05, 3.63) is 72.5 Å². The third-order valence-electron chi connectivity index (χ3n) is 3.98. The zero-order valence-electron chi connectivity index (χ0n) is 15.0. The number of carbonyl (C=O) groups excluding carboxylic acids is 1. The van der Waals surface area contributed by atoms with Crippen LogP contribution in [0.25, 0.3) is 11.3 Å². The van der Waals surface area contributed by atoms with Gasteiger partial charge in [0.2, 0.25) is 0 Å². The second kappa shape index (κ2) is 8.91. The van der Waals surface area contributed by atoms with Gasteiger partial charge in [0.1, 0.15) is 11.5 Å². The van der Waals surface area contributed by atoms with Crippen molar-refractivity contribution in [2.24, 2.45) is 0 Å². The van der Waals surface area contributed by atoms with Crippen molar-refractivity contribution in [1.29, 1.82) is 0 Å². The van der Waals surface area contributed by atoms with E-state index in [0.29, 0.717) is 17.9 Å². The quantitative estimate of drug-likeness (QED) is 0.585. The van der Waals surface area contributed by atoms with Gasteiger partial charge in [-0.25, -0.2) is 4.79 Å². The van der Waals surface area contributed by atoms with Crippen LogP contribution in [0.5, 0.6) is 5.75 Å². The van der Waals surface area contributed by atoms with Gasteiger partial charge in [-0.3, -0.25) is 0 Å². The summed E-state index contributed by atoms with van der Waals surface area (Å²) in [5, 5.41) is 15.6. The highest BCUT2D eigenvalue weighted by molar-refractivity contribution is 5.89. The molecular weight excluding hydrogens is 344 g/mol. The van der Waals surface area contributed by atoms with Gasteiger partial charge in [0, 0.05) is 17.8 Å². The third-order valence-corrected chi connectivity index (χ3v) is 3.98. The van der Waals surface area contributed by atoms with Gasteiger partial charge in [-0.15, -0.1) is 0 Å². The molecule has 0 saturated heterocycles. The second-order valence-electron chi connectivity index (χ2n) is 5.91. The number of benzene rings is 2. The van der Waals surface area contributed by atoms with Crippen molar-refractivity contribution in [3.63, 3.8) is 0 Å². The van der Waals surface area contributed by atoms with Gasteiger partial charge in [0.15, 0.2) is 0 Å². The van der Waals surface area contributed by atoms with E-state index in [1.165, 1.54) is 0 Å². The van der Waals surface area contributed by atoms with Crippen LogP contribution in [0.3, 0.4) is 0 Å². The molecule has 0 saturated carbocycles. The molecule has 1 heterocycles. The summed E-state index contributed by atoms with van der Waals surface area (Å²) in [6, 6.07) is 17.8. The lowest BCUT2D eigenvalue weighted by Gasteiger charge is -2.13. The molecule has 3 rings (SSSR count). The van der Waals surface area contributed by atoms with Gasteiger partial charge in [-0.05, 0) is 48.9 Å². The van der Waals surface area contributed by atoms with E-state index in [2.05, 4.69) is 10.6 Å². The predicted octanol–water partition coefficient (Wildman–Crippen LogP) is 4.20. The lowest BCUT2D eigenvalue weighted by molar-refractivity contribution is 0.175. The van der Waals surface area contributed by atoms with Crippen LogP contribution in [-0.4, -0.2) is 24.3 Å². The van der Waals surface area contributed by atoms with E-state index >= 15 is 0 Å². The summed E-state index contributed by atoms with van der Waals surface area (Å²) < 4.78 is 10.7. The van der Waals surface area contributed by atoms with Crippen LogP contribution < -0.4 is 15.4 Å². The van der Waals surface area contributed by atoms with Crippen LogP contribution in [-0.2, 0) is 0 Å². The molecular formula is C21H22N2O4. The summed E-state index contributed by atoms with van der Waals surface area (Å²) in [7, 11) is 0. The van der Waals surface area contributed by atoms with E-state index in [1.54, 1.807) is 30.5 Å². The van der Waals surface area contributed by atoms with Crippen LogP contribution in [0.15, 0.2) is 71.3 Å². The average molecular weight is 366 g/mol. The number of anilines is 1. The molecule has 3 N–H and O–H groups in total. The molecule has 0 spiro atoms. The number of furan rings is 1. The Balaban J connectivity index is 1.49. The second-order valence-corrected chi connectivity index (χ2v) is 5.91. The number of hydrogen-bond donors (Lipinski definition) is 3. The summed E-state index contributed by atoms with van der Waals surface area (Å²) in [4.78, 5) is 12.0. The zero-order chi connectivity index (χ0) is 19.1. The summed E-state index contributed by atoms with van der Waals surface area (Å²) in [5.74, 6) is 1.51. The molecule has 0 radical (unpaired) electrons. The van der Waals surface area contributed by atoms with Gasteiger partial charge < -0.3 is 24.9 Å². The topological polar surface area (TPSA) is 83.7 Å². The number of urea groups is 1. The minimum Gasteiger partial charge on any atom is -0.494 e. The lowest BCUT2D eigenvalue weighted by atomic mass is 10.1. The lowest BCUT2D eigenvalue weighted by Crippen LogP contribution is -2.32. The van der Waals surface area contributed by atoms with Gasteiger partial charge in [0.25, 0.3) is 0 Å². The fourth-order valence-electron chi connectivity index (χ4n) is 2.60. The fraction of sp³-hybridized carbons (Fsp3) is 0.190. The molecule has 1 atom stereocenters. The van der Waals surface area contributed by atoms with Crippen LogP contribution >= 0.6 is 0 Å². The third kappa shape index (κ3) is 5.12. The first-order valence-corrected chi connectivity index (χ1v) is 8.75. The Morgan fingerprint density at radius 2 is 1.85 bits per heavy atom. The maximum Gasteiger partial charge on any atom is 0.319 e. The standard InChI is InChI=1S/C21H22N2O4/c1-2-26-18-11-9-17(10-12-18)23-21(25)22-14-19(24)15-5-7-16(8-6-15)20-4-3-13-27-20/h3-13,19,24H,2,14H2,1H3,(H2,22,23,25). The van der Waals surface area contributed by atoms with Crippen LogP contribution in [0, 0.1) is 0 Å². The molecule has 6 nitrogen and oxygen atoms in total. The molecule has 1 aromatic heterocycles. The Bertz CT molecular complexity index is 843. The average Bonchev–Trinajstić information content (AvgIpc) is 3.23. The van der Waals surface area contributed by atoms with E-state index in [0.717, 1.165) is 17.1 Å². The number of aliphatic hydroxyl groups is 1. The maximum atomic E-state index is 12.0. The molecule has 0 bridgehead atoms. The monoisotopic (exact) mass is 366 g/mol. The van der Waals surface area contributed by atoms with Crippen molar-refractivity contribution in [1.82, 2.24) is 5.32 Å². The molecule has 2 amide bonds. The highest BCUT2D eigenvalue weighted by atomic mass is 16.5. The van der Waals surface area contributed by atoms with Gasteiger partial charge in [-0.2, -0.15) is 0 Å². The van der Waals surface area contributed by atoms with Gasteiger partial charge in [-0.1, -0.05) is 24.3 Å². The van der Waals surface area contributed by atoms with Gasteiger partial charge in [0.05, 0.1) is 19.0 Å². The normalized spacial score (nSPS) is 11.6. The Morgan fingerprint density at radius 3 is 2.48 bits per heavy atom. The Labute approximate surface area is 157 Å². The maximum absolute atomic E-state index is 12.0. The highest BCUT2D eigenvalue weighted by Gasteiger charge is 2.10. The Hall–Kier alpha value is -3.25. The molecule has 140 valence electrons. The van der Waals surface area contributed by atoms with Crippen molar-refractivity contribution in [3.8, 4) is 17.1 Å². The molecule has 6 heteroatoms. The first-order valence-electron chi connectivity index (χ1n) is 8.75. The van der Waals surface area contributed by atoms with E-state index in [4.69, 9.17) is 9.15 Å². The van der Waals surface area contributed by atoms with E-state index in [9.17, 15) is 9.90 Å². The molecule has 0 fully saturated rings. The number of aliphatic hydroxyl groups excluding tert-OH is 1. The number of hydrogen-bond acceptors (Lipinski definition) is 4. The first kappa shape index (κ1) is 18.5. The molecule has 1 unspecified atom stereocenters. The smallest absolute Gasteiger partial charge is 0.319 e. The summed E-state index contributed by atoms with van der Waals surface area (Å²) in [6.45, 7) is 2.60. The summed E-state index contributed by atoms with van der Waals surface area (Å²) in [5.41, 5.74) is 2.29. The zero-order valence-corrected chi connectivity index (χ0v) is 15.0. The first-order chi connectivity index (χ1) is 13.2. The van der Waals surface area contributed by atoms with Gasteiger partial charge >= 0.3 is 6.03 Å². The molecule has 0 aliphatic carbocycles. The number of ether oxygens (including phenoxy) is 1. The number of rotatable bonds is 7. The Morgan fingerprint density at radius 1 is 1.11 bits per heavy atom. The minimum absolute atomic E-state index is 0.100. The fourth-order valence-corrected chi connectivity index (χ4v) is 2.60. The number of amides is 2. The molecule has 0 aliphatic rings. The van der Waals surface area contributed by atoms with E-state index < -0.39 is 6.10 Å². The largest absolute Gasteiger partial charge is 0.494 e. The molecule has 27 heavy (non-hydrogen) atoms. The van der Waals surface area contributed by atoms with Crippen LogP contribution in [0.2, 0.25) is 0 Å². The summed E-state index contributed by atoms with van der Waals surface area (Å²) in [6.07, 6.45) is 0.812. The summed E-state index contributed by atoms with van der Waals surface area (Å²) >= 11 is 0. The van der Waals surface area contributed by atoms with Crippen LogP contribution in [0.1, 0.15) is 18.6 Å². The Kier molecular flexibility index (Phi) is 6.12. The van der Waals surface area contributed by atoms with Crippen molar-refractivity contribution < 1.29 is 19.1 Å². The molecule has 2 aromatic carbocycles. The van der Waals surface area contributed by atoms with Crippen molar-refractivity contribution in [2.45, 2.75) is 13.0 Å². The van der Waals surface area contributed by atoms with E-state index in [-0.39, 0.29) is 12.6 Å². The van der Waals surface area contributed by atoms with E-state index in [1.807, 2.05) is 43.3 Å².